The Morgan fingerprint density at radius 1 is 0.947 bits per heavy atom. The molecule has 19 heavy (non-hydrogen) atoms. The van der Waals surface area contributed by atoms with Crippen LogP contribution in [0.2, 0.25) is 0 Å². The smallest absolute Gasteiger partial charge is 0.0436 e. The van der Waals surface area contributed by atoms with Gasteiger partial charge in [-0.2, -0.15) is 0 Å². The molecule has 2 heteroatoms. The third-order valence-electron chi connectivity index (χ3n) is 3.33. The van der Waals surface area contributed by atoms with Crippen molar-refractivity contribution in [2.24, 2.45) is 0 Å². The summed E-state index contributed by atoms with van der Waals surface area (Å²) in [6.45, 7) is 6.46. The van der Waals surface area contributed by atoms with E-state index in [9.17, 15) is 0 Å². The molecule has 0 aromatic heterocycles. The van der Waals surface area contributed by atoms with Crippen molar-refractivity contribution < 1.29 is 0 Å². The first-order valence-electron chi connectivity index (χ1n) is 6.43. The van der Waals surface area contributed by atoms with E-state index in [-0.39, 0.29) is 0 Å². The average molecular weight is 382 g/mol. The van der Waals surface area contributed by atoms with Gasteiger partial charge in [-0.3, -0.25) is 0 Å². The van der Waals surface area contributed by atoms with Crippen molar-refractivity contribution in [3.63, 3.8) is 0 Å². The van der Waals surface area contributed by atoms with Gasteiger partial charge in [-0.05, 0) is 61.6 Å². The van der Waals surface area contributed by atoms with E-state index in [1.165, 1.54) is 27.8 Å². The highest BCUT2D eigenvalue weighted by Gasteiger charge is 2.11. The highest BCUT2D eigenvalue weighted by molar-refractivity contribution is 9.10. The molecule has 2 aromatic rings. The van der Waals surface area contributed by atoms with Gasteiger partial charge in [0.2, 0.25) is 0 Å². The summed E-state index contributed by atoms with van der Waals surface area (Å²) < 4.78 is 1.15. The van der Waals surface area contributed by atoms with Crippen LogP contribution in [0.3, 0.4) is 0 Å². The van der Waals surface area contributed by atoms with Crippen LogP contribution >= 0.6 is 31.9 Å². The number of hydrogen-bond acceptors (Lipinski definition) is 0. The van der Waals surface area contributed by atoms with E-state index in [0.29, 0.717) is 4.83 Å². The normalized spacial score (nSPS) is 12.5. The molecule has 1 unspecified atom stereocenters. The zero-order valence-corrected chi connectivity index (χ0v) is 14.7. The van der Waals surface area contributed by atoms with Crippen LogP contribution in [0.15, 0.2) is 40.9 Å². The molecule has 0 aliphatic carbocycles. The second kappa shape index (κ2) is 6.23. The number of benzene rings is 2. The summed E-state index contributed by atoms with van der Waals surface area (Å²) in [6, 6.07) is 13.2. The summed E-state index contributed by atoms with van der Waals surface area (Å²) in [5, 5.41) is 0. The fraction of sp³-hybridized carbons (Fsp3) is 0.294. The van der Waals surface area contributed by atoms with Crippen molar-refractivity contribution in [3.8, 4) is 0 Å². The van der Waals surface area contributed by atoms with Crippen molar-refractivity contribution in [2.75, 3.05) is 0 Å². The lowest BCUT2D eigenvalue weighted by Crippen LogP contribution is -1.99. The van der Waals surface area contributed by atoms with Crippen LogP contribution in [0.5, 0.6) is 0 Å². The molecule has 0 fully saturated rings. The minimum Gasteiger partial charge on any atom is -0.0835 e. The molecule has 0 amide bonds. The standard InChI is InChI=1S/C17H18Br2/c1-11-4-5-13(3)14(6-11)10-17(19)15-7-12(2)8-16(18)9-15/h4-9,17H,10H2,1-3H3. The van der Waals surface area contributed by atoms with E-state index < -0.39 is 0 Å². The van der Waals surface area contributed by atoms with Crippen LogP contribution < -0.4 is 0 Å². The lowest BCUT2D eigenvalue weighted by Gasteiger charge is -2.14. The molecule has 0 aliphatic rings. The van der Waals surface area contributed by atoms with E-state index >= 15 is 0 Å². The van der Waals surface area contributed by atoms with Crippen molar-refractivity contribution in [1.82, 2.24) is 0 Å². The third kappa shape index (κ3) is 3.93. The van der Waals surface area contributed by atoms with Crippen molar-refractivity contribution >= 4 is 31.9 Å². The fourth-order valence-electron chi connectivity index (χ4n) is 2.28. The van der Waals surface area contributed by atoms with Gasteiger partial charge in [0.15, 0.2) is 0 Å². The Morgan fingerprint density at radius 3 is 2.37 bits per heavy atom. The molecule has 100 valence electrons. The molecule has 0 aliphatic heterocycles. The summed E-state index contributed by atoms with van der Waals surface area (Å²) in [7, 11) is 0. The maximum atomic E-state index is 3.83. The minimum absolute atomic E-state index is 0.351. The molecular weight excluding hydrogens is 364 g/mol. The van der Waals surface area contributed by atoms with Crippen molar-refractivity contribution in [1.29, 1.82) is 0 Å². The quantitative estimate of drug-likeness (QED) is 0.567. The largest absolute Gasteiger partial charge is 0.0835 e. The van der Waals surface area contributed by atoms with Crippen LogP contribution in [0, 0.1) is 20.8 Å². The maximum absolute atomic E-state index is 3.83. The lowest BCUT2D eigenvalue weighted by molar-refractivity contribution is 0.933. The van der Waals surface area contributed by atoms with Gasteiger partial charge in [-0.15, -0.1) is 0 Å². The van der Waals surface area contributed by atoms with E-state index in [2.05, 4.69) is 89.0 Å². The summed E-state index contributed by atoms with van der Waals surface area (Å²) in [4.78, 5) is 0.351. The summed E-state index contributed by atoms with van der Waals surface area (Å²) >= 11 is 7.40. The second-order valence-corrected chi connectivity index (χ2v) is 7.18. The van der Waals surface area contributed by atoms with Gasteiger partial charge in [-0.1, -0.05) is 61.7 Å². The van der Waals surface area contributed by atoms with Crippen LogP contribution in [-0.4, -0.2) is 0 Å². The van der Waals surface area contributed by atoms with Gasteiger partial charge >= 0.3 is 0 Å². The Morgan fingerprint density at radius 2 is 1.68 bits per heavy atom. The predicted octanol–water partition coefficient (Wildman–Crippen LogP) is 6.05. The van der Waals surface area contributed by atoms with Gasteiger partial charge in [0.25, 0.3) is 0 Å². The van der Waals surface area contributed by atoms with Crippen molar-refractivity contribution in [3.05, 3.63) is 68.7 Å². The molecule has 0 bridgehead atoms. The molecule has 0 nitrogen and oxygen atoms in total. The van der Waals surface area contributed by atoms with E-state index in [1.807, 2.05) is 0 Å². The first kappa shape index (κ1) is 14.8. The topological polar surface area (TPSA) is 0 Å². The SMILES string of the molecule is Cc1cc(Br)cc(C(Br)Cc2cc(C)ccc2C)c1. The number of alkyl halides is 1. The predicted molar refractivity (Wildman–Crippen MR) is 90.2 cm³/mol. The molecule has 2 aromatic carbocycles. The van der Waals surface area contributed by atoms with Crippen LogP contribution in [0.4, 0.5) is 0 Å². The number of halogens is 2. The Bertz CT molecular complexity index is 568. The summed E-state index contributed by atoms with van der Waals surface area (Å²) in [5.74, 6) is 0. The van der Waals surface area contributed by atoms with Crippen LogP contribution in [0.25, 0.3) is 0 Å². The minimum atomic E-state index is 0.351. The van der Waals surface area contributed by atoms with Gasteiger partial charge in [0.1, 0.15) is 0 Å². The molecule has 2 rings (SSSR count). The van der Waals surface area contributed by atoms with Crippen LogP contribution in [-0.2, 0) is 6.42 Å². The van der Waals surface area contributed by atoms with E-state index in [1.54, 1.807) is 0 Å². The van der Waals surface area contributed by atoms with Crippen LogP contribution in [0.1, 0.15) is 32.6 Å². The maximum Gasteiger partial charge on any atom is 0.0436 e. The van der Waals surface area contributed by atoms with Gasteiger partial charge < -0.3 is 0 Å². The zero-order chi connectivity index (χ0) is 14.0. The number of aryl methyl sites for hydroxylation is 3. The first-order chi connectivity index (χ1) is 8.95. The first-order valence-corrected chi connectivity index (χ1v) is 8.14. The summed E-state index contributed by atoms with van der Waals surface area (Å²) in [6.07, 6.45) is 1.02. The molecule has 0 heterocycles. The molecule has 0 N–H and O–H groups in total. The third-order valence-corrected chi connectivity index (χ3v) is 4.64. The molecule has 1 atom stereocenters. The summed E-state index contributed by atoms with van der Waals surface area (Å²) in [5.41, 5.74) is 6.72. The van der Waals surface area contributed by atoms with E-state index in [4.69, 9.17) is 0 Å². The van der Waals surface area contributed by atoms with E-state index in [0.717, 1.165) is 10.9 Å². The Hall–Kier alpha value is -0.600. The second-order valence-electron chi connectivity index (χ2n) is 5.16. The molecule has 0 saturated carbocycles. The number of rotatable bonds is 3. The zero-order valence-electron chi connectivity index (χ0n) is 11.5. The van der Waals surface area contributed by atoms with Gasteiger partial charge in [-0.25, -0.2) is 0 Å². The Balaban J connectivity index is 2.25. The van der Waals surface area contributed by atoms with Crippen molar-refractivity contribution in [2.45, 2.75) is 32.0 Å². The Labute approximate surface area is 132 Å². The molecular formula is C17H18Br2. The highest BCUT2D eigenvalue weighted by Crippen LogP contribution is 2.31. The molecule has 0 spiro atoms. The molecule has 0 saturated heterocycles. The monoisotopic (exact) mass is 380 g/mol. The lowest BCUT2D eigenvalue weighted by atomic mass is 9.98. The average Bonchev–Trinajstić information content (AvgIpc) is 2.32. The van der Waals surface area contributed by atoms with Gasteiger partial charge in [0, 0.05) is 9.30 Å². The van der Waals surface area contributed by atoms with Gasteiger partial charge in [0.05, 0.1) is 0 Å². The molecule has 0 radical (unpaired) electrons. The fourth-order valence-corrected chi connectivity index (χ4v) is 3.52. The Kier molecular flexibility index (Phi) is 4.86. The number of hydrogen-bond donors (Lipinski definition) is 0. The highest BCUT2D eigenvalue weighted by atomic mass is 79.9.